The SMILES string of the molecule is CCNC(=NCC(O)c1ccco1)NCC(C)Oc1ccc(Cl)cc1.I. The first kappa shape index (κ1) is 22.6. The van der Waals surface area contributed by atoms with Crippen LogP contribution >= 0.6 is 35.6 Å². The van der Waals surface area contributed by atoms with E-state index in [9.17, 15) is 5.11 Å². The van der Waals surface area contributed by atoms with Gasteiger partial charge in [0, 0.05) is 11.6 Å². The molecule has 8 heteroatoms. The number of ether oxygens (including phenoxy) is 1. The molecule has 144 valence electrons. The van der Waals surface area contributed by atoms with Crippen molar-refractivity contribution in [2.75, 3.05) is 19.6 Å². The molecule has 0 saturated heterocycles. The summed E-state index contributed by atoms with van der Waals surface area (Å²) in [6.45, 7) is 5.42. The van der Waals surface area contributed by atoms with Crippen molar-refractivity contribution in [2.45, 2.75) is 26.1 Å². The molecular formula is C18H25ClIN3O3. The number of benzene rings is 1. The molecule has 1 aromatic heterocycles. The van der Waals surface area contributed by atoms with Crippen LogP contribution in [0, 0.1) is 0 Å². The predicted molar refractivity (Wildman–Crippen MR) is 115 cm³/mol. The van der Waals surface area contributed by atoms with Crippen molar-refractivity contribution in [2.24, 2.45) is 4.99 Å². The van der Waals surface area contributed by atoms with Crippen LogP contribution in [0.25, 0.3) is 0 Å². The van der Waals surface area contributed by atoms with Crippen molar-refractivity contribution in [1.29, 1.82) is 0 Å². The van der Waals surface area contributed by atoms with Gasteiger partial charge in [-0.05, 0) is 50.2 Å². The van der Waals surface area contributed by atoms with Gasteiger partial charge in [-0.25, -0.2) is 0 Å². The van der Waals surface area contributed by atoms with Gasteiger partial charge in [-0.3, -0.25) is 4.99 Å². The summed E-state index contributed by atoms with van der Waals surface area (Å²) in [5.41, 5.74) is 0. The second-order valence-corrected chi connectivity index (χ2v) is 5.95. The lowest BCUT2D eigenvalue weighted by molar-refractivity contribution is 0.158. The van der Waals surface area contributed by atoms with Crippen LogP contribution in [0.15, 0.2) is 52.1 Å². The summed E-state index contributed by atoms with van der Waals surface area (Å²) >= 11 is 5.86. The summed E-state index contributed by atoms with van der Waals surface area (Å²) < 4.78 is 11.0. The Morgan fingerprint density at radius 2 is 2.00 bits per heavy atom. The largest absolute Gasteiger partial charge is 0.489 e. The number of aliphatic hydroxyl groups is 1. The lowest BCUT2D eigenvalue weighted by Crippen LogP contribution is -2.42. The minimum absolute atomic E-state index is 0. The van der Waals surface area contributed by atoms with E-state index >= 15 is 0 Å². The molecule has 0 aliphatic heterocycles. The van der Waals surface area contributed by atoms with Gasteiger partial charge >= 0.3 is 0 Å². The van der Waals surface area contributed by atoms with Crippen LogP contribution in [-0.4, -0.2) is 36.8 Å². The summed E-state index contributed by atoms with van der Waals surface area (Å²) in [6.07, 6.45) is 0.690. The fraction of sp³-hybridized carbons (Fsp3) is 0.389. The van der Waals surface area contributed by atoms with Crippen molar-refractivity contribution >= 4 is 41.5 Å². The Balaban J connectivity index is 0.00000338. The van der Waals surface area contributed by atoms with E-state index in [0.717, 1.165) is 12.3 Å². The lowest BCUT2D eigenvalue weighted by atomic mass is 10.3. The van der Waals surface area contributed by atoms with Gasteiger partial charge in [0.1, 0.15) is 23.7 Å². The highest BCUT2D eigenvalue weighted by molar-refractivity contribution is 14.0. The molecule has 0 saturated carbocycles. The number of hydrogen-bond donors (Lipinski definition) is 3. The third-order valence-corrected chi connectivity index (χ3v) is 3.60. The van der Waals surface area contributed by atoms with E-state index in [1.54, 1.807) is 24.3 Å². The summed E-state index contributed by atoms with van der Waals surface area (Å²) in [6, 6.07) is 10.7. The average Bonchev–Trinajstić information content (AvgIpc) is 3.14. The maximum absolute atomic E-state index is 10.0. The van der Waals surface area contributed by atoms with Crippen LogP contribution in [0.3, 0.4) is 0 Å². The number of hydrogen-bond acceptors (Lipinski definition) is 4. The molecule has 1 heterocycles. The van der Waals surface area contributed by atoms with E-state index < -0.39 is 6.10 Å². The fourth-order valence-electron chi connectivity index (χ4n) is 2.12. The number of nitrogens with zero attached hydrogens (tertiary/aromatic N) is 1. The molecule has 0 radical (unpaired) electrons. The smallest absolute Gasteiger partial charge is 0.191 e. The van der Waals surface area contributed by atoms with Crippen molar-refractivity contribution in [1.82, 2.24) is 10.6 Å². The topological polar surface area (TPSA) is 79.0 Å². The standard InChI is InChI=1S/C18H24ClN3O3.HI/c1-3-20-18(22-12-16(23)17-5-4-10-24-17)21-11-13(2)25-15-8-6-14(19)7-9-15;/h4-10,13,16,23H,3,11-12H2,1-2H3,(H2,20,21,22);1H. The van der Waals surface area contributed by atoms with E-state index in [4.69, 9.17) is 20.8 Å². The average molecular weight is 494 g/mol. The third kappa shape index (κ3) is 7.84. The van der Waals surface area contributed by atoms with Crippen LogP contribution in [-0.2, 0) is 0 Å². The fourth-order valence-corrected chi connectivity index (χ4v) is 2.24. The van der Waals surface area contributed by atoms with E-state index in [1.165, 1.54) is 6.26 Å². The quantitative estimate of drug-likeness (QED) is 0.297. The maximum atomic E-state index is 10.0. The Hall–Kier alpha value is -1.45. The van der Waals surface area contributed by atoms with E-state index in [-0.39, 0.29) is 36.6 Å². The molecule has 1 aromatic carbocycles. The summed E-state index contributed by atoms with van der Waals surface area (Å²) in [7, 11) is 0. The van der Waals surface area contributed by atoms with Crippen molar-refractivity contribution < 1.29 is 14.3 Å². The molecule has 0 fully saturated rings. The zero-order valence-electron chi connectivity index (χ0n) is 14.8. The normalized spacial score (nSPS) is 13.5. The number of halogens is 2. The Morgan fingerprint density at radius 1 is 1.27 bits per heavy atom. The summed E-state index contributed by atoms with van der Waals surface area (Å²) in [4.78, 5) is 4.37. The molecule has 6 nitrogen and oxygen atoms in total. The van der Waals surface area contributed by atoms with Gasteiger partial charge in [0.2, 0.25) is 0 Å². The minimum Gasteiger partial charge on any atom is -0.489 e. The second-order valence-electron chi connectivity index (χ2n) is 5.51. The van der Waals surface area contributed by atoms with E-state index in [2.05, 4.69) is 15.6 Å². The van der Waals surface area contributed by atoms with Gasteiger partial charge in [-0.1, -0.05) is 11.6 Å². The number of aliphatic hydroxyl groups excluding tert-OH is 1. The van der Waals surface area contributed by atoms with Crippen LogP contribution in [0.5, 0.6) is 5.75 Å². The first-order valence-electron chi connectivity index (χ1n) is 8.24. The van der Waals surface area contributed by atoms with Crippen LogP contribution in [0.4, 0.5) is 0 Å². The zero-order chi connectivity index (χ0) is 18.1. The van der Waals surface area contributed by atoms with Gasteiger partial charge < -0.3 is 24.9 Å². The molecule has 26 heavy (non-hydrogen) atoms. The third-order valence-electron chi connectivity index (χ3n) is 3.35. The number of rotatable bonds is 8. The molecule has 0 bridgehead atoms. The second kappa shape index (κ2) is 12.0. The first-order chi connectivity index (χ1) is 12.1. The van der Waals surface area contributed by atoms with E-state index in [0.29, 0.717) is 23.3 Å². The molecule has 2 unspecified atom stereocenters. The number of aliphatic imine (C=N–C) groups is 1. The molecule has 3 N–H and O–H groups in total. The Labute approximate surface area is 176 Å². The molecular weight excluding hydrogens is 469 g/mol. The first-order valence-corrected chi connectivity index (χ1v) is 8.62. The number of guanidine groups is 1. The van der Waals surface area contributed by atoms with Crippen LogP contribution in [0.2, 0.25) is 5.02 Å². The minimum atomic E-state index is -0.770. The number of furan rings is 1. The predicted octanol–water partition coefficient (Wildman–Crippen LogP) is 3.61. The monoisotopic (exact) mass is 493 g/mol. The Morgan fingerprint density at radius 3 is 2.62 bits per heavy atom. The van der Waals surface area contributed by atoms with Gasteiger partial charge in [0.25, 0.3) is 0 Å². The van der Waals surface area contributed by atoms with Gasteiger partial charge in [-0.2, -0.15) is 0 Å². The van der Waals surface area contributed by atoms with Crippen LogP contribution in [0.1, 0.15) is 25.7 Å². The highest BCUT2D eigenvalue weighted by atomic mass is 127. The number of nitrogens with one attached hydrogen (secondary N) is 2. The van der Waals surface area contributed by atoms with Gasteiger partial charge in [0.15, 0.2) is 5.96 Å². The molecule has 0 amide bonds. The van der Waals surface area contributed by atoms with Crippen LogP contribution < -0.4 is 15.4 Å². The van der Waals surface area contributed by atoms with E-state index in [1.807, 2.05) is 26.0 Å². The molecule has 0 aliphatic carbocycles. The highest BCUT2D eigenvalue weighted by Gasteiger charge is 2.11. The lowest BCUT2D eigenvalue weighted by Gasteiger charge is -2.18. The summed E-state index contributed by atoms with van der Waals surface area (Å²) in [5, 5.41) is 17.0. The molecule has 0 spiro atoms. The highest BCUT2D eigenvalue weighted by Crippen LogP contribution is 2.16. The Bertz CT molecular complexity index is 650. The molecule has 2 atom stereocenters. The zero-order valence-corrected chi connectivity index (χ0v) is 17.9. The Kier molecular flexibility index (Phi) is 10.5. The summed E-state index contributed by atoms with van der Waals surface area (Å²) in [5.74, 6) is 1.87. The van der Waals surface area contributed by atoms with Crippen molar-refractivity contribution in [3.63, 3.8) is 0 Å². The van der Waals surface area contributed by atoms with Crippen molar-refractivity contribution in [3.8, 4) is 5.75 Å². The molecule has 2 rings (SSSR count). The molecule has 2 aromatic rings. The molecule has 0 aliphatic rings. The maximum Gasteiger partial charge on any atom is 0.191 e. The van der Waals surface area contributed by atoms with Gasteiger partial charge in [0.05, 0.1) is 19.4 Å². The van der Waals surface area contributed by atoms with Gasteiger partial charge in [-0.15, -0.1) is 24.0 Å². The van der Waals surface area contributed by atoms with Crippen molar-refractivity contribution in [3.05, 3.63) is 53.4 Å².